The molecule has 1 aliphatic rings. The summed E-state index contributed by atoms with van der Waals surface area (Å²) in [6.45, 7) is -11.1. The highest BCUT2D eigenvalue weighted by Crippen LogP contribution is 2.27. The highest BCUT2D eigenvalue weighted by Gasteiger charge is 2.18. The predicted molar refractivity (Wildman–Crippen MR) is 62.5 cm³/mol. The van der Waals surface area contributed by atoms with Crippen LogP contribution in [0.2, 0.25) is 0 Å². The van der Waals surface area contributed by atoms with Crippen molar-refractivity contribution in [2.24, 2.45) is 5.89 Å². The van der Waals surface area contributed by atoms with E-state index in [1.54, 1.807) is 0 Å². The molecule has 0 radical (unpaired) electrons. The van der Waals surface area contributed by atoms with E-state index in [2.05, 4.69) is 20.9 Å². The summed E-state index contributed by atoms with van der Waals surface area (Å²) in [5.74, 6) is -4.79. The van der Waals surface area contributed by atoms with Gasteiger partial charge in [0.05, 0.1) is 8.58 Å². The lowest BCUT2D eigenvalue weighted by atomic mass is 9.99. The predicted octanol–water partition coefficient (Wildman–Crippen LogP) is 3.08. The van der Waals surface area contributed by atoms with Gasteiger partial charge in [-0.3, -0.25) is 0 Å². The minimum absolute atomic E-state index is 0.141. The van der Waals surface area contributed by atoms with Gasteiger partial charge in [0, 0.05) is 35.6 Å². The molecule has 0 bridgehead atoms. The van der Waals surface area contributed by atoms with E-state index in [-0.39, 0.29) is 4.90 Å². The van der Waals surface area contributed by atoms with E-state index in [0.29, 0.717) is 0 Å². The second kappa shape index (κ2) is 4.30. The highest BCUT2D eigenvalue weighted by molar-refractivity contribution is 9.10. The van der Waals surface area contributed by atoms with E-state index in [0.717, 1.165) is 0 Å². The molecule has 2 nitrogen and oxygen atoms in total. The molecule has 2 heterocycles. The topological polar surface area (TPSA) is 16.1 Å². The van der Waals surface area contributed by atoms with Crippen molar-refractivity contribution >= 4 is 21.7 Å². The smallest absolute Gasteiger partial charge is 0.142 e. The van der Waals surface area contributed by atoms with Crippen LogP contribution < -0.4 is 4.90 Å². The van der Waals surface area contributed by atoms with Gasteiger partial charge in [-0.05, 0) is 46.7 Å². The molecular weight excluding hydrogens is 240 g/mol. The van der Waals surface area contributed by atoms with Crippen LogP contribution in [0, 0.1) is 5.89 Å². The zero-order valence-electron chi connectivity index (χ0n) is 21.8. The first-order chi connectivity index (χ1) is 12.6. The Hall–Kier alpha value is -0.570. The maximum absolute atomic E-state index is 8.19. The number of anilines is 1. The fourth-order valence-electron chi connectivity index (χ4n) is 0.806. The van der Waals surface area contributed by atoms with Gasteiger partial charge in [-0.1, -0.05) is 6.85 Å². The third kappa shape index (κ3) is 2.08. The lowest BCUT2D eigenvalue weighted by Crippen LogP contribution is -2.33. The number of pyridine rings is 1. The summed E-state index contributed by atoms with van der Waals surface area (Å²) in [5, 5.41) is 0. The van der Waals surface area contributed by atoms with Crippen molar-refractivity contribution in [1.82, 2.24) is 4.98 Å². The minimum atomic E-state index is -3.88. The summed E-state index contributed by atoms with van der Waals surface area (Å²) in [6, 6.07) is -1.42. The molecule has 2 rings (SSSR count). The molecule has 0 spiro atoms. The average Bonchev–Trinajstić information content (AvgIpc) is 2.53. The van der Waals surface area contributed by atoms with Crippen LogP contribution >= 0.6 is 15.9 Å². The Morgan fingerprint density at radius 2 is 2.57 bits per heavy atom. The van der Waals surface area contributed by atoms with E-state index in [1.165, 1.54) is 0 Å². The van der Waals surface area contributed by atoms with Crippen molar-refractivity contribution in [2.75, 3.05) is 17.9 Å². The molecular formula is C11H15BrN2. The van der Waals surface area contributed by atoms with Crippen LogP contribution in [0.3, 0.4) is 0 Å². The van der Waals surface area contributed by atoms with Crippen LogP contribution in [0.15, 0.2) is 22.7 Å². The maximum atomic E-state index is 8.19. The van der Waals surface area contributed by atoms with Crippen molar-refractivity contribution in [3.63, 3.8) is 0 Å². The van der Waals surface area contributed by atoms with Crippen molar-refractivity contribution in [3.8, 4) is 0 Å². The molecule has 3 heteroatoms. The fraction of sp³-hybridized carbons (Fsp3) is 0.545. The third-order valence-electron chi connectivity index (χ3n) is 1.38. The molecule has 0 atom stereocenters. The SMILES string of the molecule is [2H]c1nc(N2C([2H])([2H])C([2H])([2H])C([2H])(C([2H])([2H])[2H])C([2H])([2H])C2([2H])[2H])c(Br)c([2H])c1[2H]. The zero-order valence-corrected chi connectivity index (χ0v) is 8.36. The number of rotatable bonds is 1. The summed E-state index contributed by atoms with van der Waals surface area (Å²) in [4.78, 5) is 3.37. The van der Waals surface area contributed by atoms with Crippen LogP contribution in [-0.2, 0) is 0 Å². The van der Waals surface area contributed by atoms with Crippen molar-refractivity contribution in [1.29, 1.82) is 0 Å². The van der Waals surface area contributed by atoms with Crippen LogP contribution in [0.1, 0.15) is 40.2 Å². The van der Waals surface area contributed by atoms with E-state index in [4.69, 9.17) is 20.6 Å². The molecule has 1 fully saturated rings. The highest BCUT2D eigenvalue weighted by atomic mass is 79.9. The van der Waals surface area contributed by atoms with Crippen molar-refractivity contribution < 1.29 is 20.6 Å². The first-order valence-corrected chi connectivity index (χ1v) is 4.35. The second-order valence-electron chi connectivity index (χ2n) is 2.30. The van der Waals surface area contributed by atoms with Gasteiger partial charge < -0.3 is 4.90 Å². The minimum Gasteiger partial charge on any atom is -0.356 e. The molecule has 0 amide bonds. The maximum Gasteiger partial charge on any atom is 0.142 e. The van der Waals surface area contributed by atoms with Crippen LogP contribution in [0.25, 0.3) is 0 Å². The molecule has 0 N–H and O–H groups in total. The summed E-state index contributed by atoms with van der Waals surface area (Å²) in [6.07, 6.45) is -8.55. The molecule has 1 aromatic rings. The molecule has 14 heavy (non-hydrogen) atoms. The molecule has 0 aliphatic carbocycles. The van der Waals surface area contributed by atoms with Gasteiger partial charge in [-0.15, -0.1) is 0 Å². The van der Waals surface area contributed by atoms with Gasteiger partial charge in [0.2, 0.25) is 0 Å². The quantitative estimate of drug-likeness (QED) is 0.779. The Balaban J connectivity index is 3.00. The number of nitrogens with zero attached hydrogens (tertiary/aromatic N) is 2. The molecule has 0 unspecified atom stereocenters. The summed E-state index contributed by atoms with van der Waals surface area (Å²) >= 11 is 2.82. The summed E-state index contributed by atoms with van der Waals surface area (Å²) < 4.78 is 118. The number of hydrogen-bond donors (Lipinski definition) is 0. The summed E-state index contributed by atoms with van der Waals surface area (Å²) in [5.41, 5.74) is 0. The van der Waals surface area contributed by atoms with Gasteiger partial charge >= 0.3 is 0 Å². The Kier molecular flexibility index (Phi) is 0.736. The average molecular weight is 270 g/mol. The Labute approximate surface area is 115 Å². The van der Waals surface area contributed by atoms with E-state index in [1.807, 2.05) is 0 Å². The van der Waals surface area contributed by atoms with Gasteiger partial charge in [0.25, 0.3) is 0 Å². The van der Waals surface area contributed by atoms with Crippen LogP contribution in [-0.4, -0.2) is 18.0 Å². The van der Waals surface area contributed by atoms with Gasteiger partial charge in [0.15, 0.2) is 0 Å². The van der Waals surface area contributed by atoms with Crippen molar-refractivity contribution in [3.05, 3.63) is 22.7 Å². The largest absolute Gasteiger partial charge is 0.356 e. The molecule has 1 aromatic heterocycles. The molecule has 1 saturated heterocycles. The first kappa shape index (κ1) is 2.40. The van der Waals surface area contributed by atoms with Crippen molar-refractivity contribution in [2.45, 2.75) is 19.6 Å². The van der Waals surface area contributed by atoms with Crippen LogP contribution in [0.4, 0.5) is 5.82 Å². The lowest BCUT2D eigenvalue weighted by Gasteiger charge is -2.31. The molecule has 76 valence electrons. The van der Waals surface area contributed by atoms with E-state index < -0.39 is 67.0 Å². The number of piperidine rings is 1. The third-order valence-corrected chi connectivity index (χ3v) is 1.94. The second-order valence-corrected chi connectivity index (χ2v) is 3.09. The Morgan fingerprint density at radius 3 is 3.29 bits per heavy atom. The van der Waals surface area contributed by atoms with Gasteiger partial charge in [-0.2, -0.15) is 0 Å². The van der Waals surface area contributed by atoms with Gasteiger partial charge in [0.1, 0.15) is 5.82 Å². The number of halogens is 1. The molecule has 0 aromatic carbocycles. The number of hydrogen-bond acceptors (Lipinski definition) is 2. The fourth-order valence-corrected chi connectivity index (χ4v) is 1.17. The standard InChI is InChI=1S/C11H15BrN2/c1-9-4-7-14(8-5-9)11-10(12)3-2-6-13-11/h2-3,6,9H,4-5,7-8H2,1H3/i1D3,2D,3D,4D2,5D2,6D,7D2,8D2,9D. The Bertz CT molecular complexity index is 820. The lowest BCUT2D eigenvalue weighted by molar-refractivity contribution is 0.436. The Morgan fingerprint density at radius 1 is 1.79 bits per heavy atom. The van der Waals surface area contributed by atoms with E-state index >= 15 is 0 Å². The molecule has 1 aliphatic heterocycles. The summed E-state index contributed by atoms with van der Waals surface area (Å²) in [7, 11) is 0. The first-order valence-electron chi connectivity index (χ1n) is 11.1. The van der Waals surface area contributed by atoms with E-state index in [9.17, 15) is 0 Å². The van der Waals surface area contributed by atoms with Crippen LogP contribution in [0.5, 0.6) is 0 Å². The number of aromatic nitrogens is 1. The molecule has 0 saturated carbocycles. The monoisotopic (exact) mass is 269 g/mol. The zero-order chi connectivity index (χ0) is 23.2. The normalized spacial score (nSPS) is 51.8. The van der Waals surface area contributed by atoms with Gasteiger partial charge in [-0.25, -0.2) is 4.98 Å².